The van der Waals surface area contributed by atoms with E-state index in [4.69, 9.17) is 14.4 Å². The zero-order valence-electron chi connectivity index (χ0n) is 33.1. The number of para-hydroxylation sites is 2. The molecule has 10 aromatic carbocycles. The van der Waals surface area contributed by atoms with Crippen molar-refractivity contribution in [3.05, 3.63) is 229 Å². The average Bonchev–Trinajstić information content (AvgIpc) is 3.72. The molecule has 1 aromatic heterocycles. The summed E-state index contributed by atoms with van der Waals surface area (Å²) < 4.78 is 6.59. The lowest BCUT2D eigenvalue weighted by atomic mass is 9.84. The van der Waals surface area contributed by atoms with Crippen LogP contribution in [0.25, 0.3) is 87.6 Å². The van der Waals surface area contributed by atoms with Gasteiger partial charge in [-0.2, -0.15) is 0 Å². The Labute approximate surface area is 352 Å². The lowest BCUT2D eigenvalue weighted by Gasteiger charge is -2.26. The van der Waals surface area contributed by atoms with Gasteiger partial charge in [-0.25, -0.2) is 9.98 Å². The van der Waals surface area contributed by atoms with Crippen LogP contribution in [0.4, 0.5) is 0 Å². The van der Waals surface area contributed by atoms with Gasteiger partial charge in [0.25, 0.3) is 0 Å². The first-order valence-corrected chi connectivity index (χ1v) is 20.8. The number of hydrogen-bond donors (Lipinski definition) is 1. The summed E-state index contributed by atoms with van der Waals surface area (Å²) in [6.45, 7) is 0. The molecule has 12 rings (SSSR count). The van der Waals surface area contributed by atoms with Gasteiger partial charge in [-0.15, -0.1) is 0 Å². The molecule has 4 heteroatoms. The molecular formula is C57H37N3O. The Morgan fingerprint density at radius 2 is 0.869 bits per heavy atom. The van der Waals surface area contributed by atoms with Crippen molar-refractivity contribution in [1.82, 2.24) is 5.32 Å². The van der Waals surface area contributed by atoms with E-state index in [-0.39, 0.29) is 0 Å². The predicted molar refractivity (Wildman–Crippen MR) is 254 cm³/mol. The highest BCUT2D eigenvalue weighted by molar-refractivity contribution is 6.26. The molecule has 1 atom stereocenters. The fraction of sp³-hybridized carbons (Fsp3) is 0.0175. The minimum Gasteiger partial charge on any atom is -0.455 e. The molecular weight excluding hydrogens is 743 g/mol. The Hall–Kier alpha value is -8.08. The molecule has 0 spiro atoms. The first-order chi connectivity index (χ1) is 30.3. The summed E-state index contributed by atoms with van der Waals surface area (Å²) in [7, 11) is 0. The van der Waals surface area contributed by atoms with Gasteiger partial charge in [0, 0.05) is 21.9 Å². The topological polar surface area (TPSA) is 49.9 Å². The minimum absolute atomic E-state index is 0.435. The molecule has 0 bridgehead atoms. The standard InChI is InChI=1S/C57H37N3O/c1-3-18-36(19-4-1)38-22-7-14-30-48(38)55-58-56(60-57(59-55)50-32-17-31-47-41-25-15-16-33-51(41)61-54(47)50)49-35-34-46(39-23-8-9-24-40(39)49)53-44-28-12-10-26-42(44)52(37-20-5-2-6-21-37)43-27-11-13-29-45(43)53/h1-35,55H,(H,58,59,60). The number of hydrogen-bond acceptors (Lipinski definition) is 4. The van der Waals surface area contributed by atoms with Crippen LogP contribution in [0, 0.1) is 0 Å². The smallest absolute Gasteiger partial charge is 0.160 e. The number of aliphatic imine (C=N–C) groups is 2. The van der Waals surface area contributed by atoms with Crippen LogP contribution in [-0.2, 0) is 0 Å². The van der Waals surface area contributed by atoms with E-state index < -0.39 is 6.17 Å². The minimum atomic E-state index is -0.435. The monoisotopic (exact) mass is 779 g/mol. The van der Waals surface area contributed by atoms with Crippen molar-refractivity contribution < 1.29 is 4.42 Å². The summed E-state index contributed by atoms with van der Waals surface area (Å²) in [5, 5.41) is 13.0. The SMILES string of the molecule is c1ccc(-c2ccccc2C2N=C(c3ccc(-c4c5ccccc5c(-c5ccccc5)c5ccccc45)c4ccccc34)N=C(c3cccc4c3oc3ccccc34)N2)cc1. The summed E-state index contributed by atoms with van der Waals surface area (Å²) in [6.07, 6.45) is -0.435. The number of fused-ring (bicyclic) bond motifs is 6. The van der Waals surface area contributed by atoms with Gasteiger partial charge in [0.1, 0.15) is 23.2 Å². The highest BCUT2D eigenvalue weighted by Gasteiger charge is 2.27. The zero-order valence-corrected chi connectivity index (χ0v) is 33.1. The molecule has 2 heterocycles. The van der Waals surface area contributed by atoms with E-state index in [1.807, 2.05) is 12.1 Å². The highest BCUT2D eigenvalue weighted by Crippen LogP contribution is 2.46. The molecule has 0 saturated heterocycles. The fourth-order valence-electron chi connectivity index (χ4n) is 9.46. The summed E-state index contributed by atoms with van der Waals surface area (Å²) in [6, 6.07) is 75.2. The van der Waals surface area contributed by atoms with Gasteiger partial charge in [0.2, 0.25) is 0 Å². The Morgan fingerprint density at radius 1 is 0.361 bits per heavy atom. The maximum atomic E-state index is 6.59. The van der Waals surface area contributed by atoms with Crippen molar-refractivity contribution in [3.63, 3.8) is 0 Å². The van der Waals surface area contributed by atoms with E-state index in [0.717, 1.165) is 60.5 Å². The molecule has 0 radical (unpaired) electrons. The van der Waals surface area contributed by atoms with Crippen LogP contribution in [0.1, 0.15) is 22.9 Å². The van der Waals surface area contributed by atoms with Gasteiger partial charge in [-0.1, -0.05) is 194 Å². The molecule has 0 saturated carbocycles. The molecule has 1 N–H and O–H groups in total. The third kappa shape index (κ3) is 5.76. The summed E-state index contributed by atoms with van der Waals surface area (Å²) in [4.78, 5) is 10.9. The largest absolute Gasteiger partial charge is 0.455 e. The summed E-state index contributed by atoms with van der Waals surface area (Å²) >= 11 is 0. The molecule has 0 fully saturated rings. The maximum Gasteiger partial charge on any atom is 0.160 e. The van der Waals surface area contributed by atoms with Crippen molar-refractivity contribution in [2.75, 3.05) is 0 Å². The molecule has 1 unspecified atom stereocenters. The molecule has 0 amide bonds. The van der Waals surface area contributed by atoms with Gasteiger partial charge in [0.15, 0.2) is 5.84 Å². The van der Waals surface area contributed by atoms with Crippen molar-refractivity contribution >= 4 is 65.9 Å². The van der Waals surface area contributed by atoms with E-state index in [0.29, 0.717) is 11.7 Å². The number of amidine groups is 2. The van der Waals surface area contributed by atoms with Crippen LogP contribution in [0.15, 0.2) is 227 Å². The molecule has 4 nitrogen and oxygen atoms in total. The van der Waals surface area contributed by atoms with Gasteiger partial charge >= 0.3 is 0 Å². The van der Waals surface area contributed by atoms with Crippen LogP contribution in [0.2, 0.25) is 0 Å². The Bertz CT molecular complexity index is 3510. The van der Waals surface area contributed by atoms with E-state index >= 15 is 0 Å². The number of benzene rings is 10. The van der Waals surface area contributed by atoms with Gasteiger partial charge in [-0.3, -0.25) is 0 Å². The quantitative estimate of drug-likeness (QED) is 0.171. The number of nitrogens with one attached hydrogen (secondary N) is 1. The second-order valence-corrected chi connectivity index (χ2v) is 15.6. The van der Waals surface area contributed by atoms with Crippen LogP contribution in [0.3, 0.4) is 0 Å². The Balaban J connectivity index is 1.09. The zero-order chi connectivity index (χ0) is 40.3. The van der Waals surface area contributed by atoms with Gasteiger partial charge in [-0.05, 0) is 83.9 Å². The predicted octanol–water partition coefficient (Wildman–Crippen LogP) is 14.5. The van der Waals surface area contributed by atoms with Crippen LogP contribution in [-0.4, -0.2) is 11.7 Å². The lowest BCUT2D eigenvalue weighted by molar-refractivity contribution is 0.660. The fourth-order valence-corrected chi connectivity index (χ4v) is 9.46. The van der Waals surface area contributed by atoms with Crippen LogP contribution < -0.4 is 5.32 Å². The van der Waals surface area contributed by atoms with Crippen LogP contribution in [0.5, 0.6) is 0 Å². The first-order valence-electron chi connectivity index (χ1n) is 20.8. The molecule has 11 aromatic rings. The van der Waals surface area contributed by atoms with Crippen molar-refractivity contribution in [2.45, 2.75) is 6.17 Å². The van der Waals surface area contributed by atoms with Gasteiger partial charge < -0.3 is 9.73 Å². The third-order valence-electron chi connectivity index (χ3n) is 12.2. The lowest BCUT2D eigenvalue weighted by Crippen LogP contribution is -2.34. The summed E-state index contributed by atoms with van der Waals surface area (Å²) in [5.74, 6) is 1.37. The summed E-state index contributed by atoms with van der Waals surface area (Å²) in [5.41, 5.74) is 11.7. The number of furan rings is 1. The Morgan fingerprint density at radius 3 is 1.57 bits per heavy atom. The van der Waals surface area contributed by atoms with E-state index in [1.165, 1.54) is 43.8 Å². The molecule has 1 aliphatic heterocycles. The first kappa shape index (κ1) is 34.9. The molecule has 286 valence electrons. The number of nitrogens with zero attached hydrogens (tertiary/aromatic N) is 2. The third-order valence-corrected chi connectivity index (χ3v) is 12.2. The second kappa shape index (κ2) is 14.3. The van der Waals surface area contributed by atoms with Crippen LogP contribution >= 0.6 is 0 Å². The Kier molecular flexibility index (Phi) is 8.20. The average molecular weight is 780 g/mol. The van der Waals surface area contributed by atoms with E-state index in [1.54, 1.807) is 0 Å². The van der Waals surface area contributed by atoms with E-state index in [2.05, 4.69) is 206 Å². The second-order valence-electron chi connectivity index (χ2n) is 15.6. The number of rotatable bonds is 6. The molecule has 61 heavy (non-hydrogen) atoms. The normalized spacial score (nSPS) is 14.1. The van der Waals surface area contributed by atoms with E-state index in [9.17, 15) is 0 Å². The van der Waals surface area contributed by atoms with Crippen molar-refractivity contribution in [2.24, 2.45) is 9.98 Å². The van der Waals surface area contributed by atoms with Gasteiger partial charge in [0.05, 0.1) is 5.56 Å². The molecule has 0 aliphatic carbocycles. The van der Waals surface area contributed by atoms with Crippen molar-refractivity contribution in [3.8, 4) is 33.4 Å². The molecule has 1 aliphatic rings. The maximum absolute atomic E-state index is 6.59. The highest BCUT2D eigenvalue weighted by atomic mass is 16.3. The van der Waals surface area contributed by atoms with Crippen molar-refractivity contribution in [1.29, 1.82) is 0 Å².